The van der Waals surface area contributed by atoms with E-state index in [0.717, 1.165) is 28.6 Å². The van der Waals surface area contributed by atoms with E-state index in [1.807, 2.05) is 30.3 Å². The second-order valence-electron chi connectivity index (χ2n) is 6.49. The van der Waals surface area contributed by atoms with Gasteiger partial charge in [-0.1, -0.05) is 29.5 Å². The number of nitrogens with one attached hydrogen (secondary N) is 1. The van der Waals surface area contributed by atoms with Crippen LogP contribution in [-0.2, 0) is 13.1 Å². The number of hydrogen-bond acceptors (Lipinski definition) is 7. The molecule has 0 radical (unpaired) electrons. The third kappa shape index (κ3) is 5.88. The van der Waals surface area contributed by atoms with Crippen molar-refractivity contribution in [2.24, 2.45) is 0 Å². The predicted octanol–water partition coefficient (Wildman–Crippen LogP) is 4.00. The smallest absolute Gasteiger partial charge is 0.286 e. The molecule has 1 amide bonds. The molecule has 3 aromatic rings. The Morgan fingerprint density at radius 3 is 2.27 bits per heavy atom. The Morgan fingerprint density at radius 2 is 1.67 bits per heavy atom. The van der Waals surface area contributed by atoms with Gasteiger partial charge in [0, 0.05) is 18.8 Å². The van der Waals surface area contributed by atoms with Gasteiger partial charge in [-0.3, -0.25) is 9.69 Å². The first-order valence-electron chi connectivity index (χ1n) is 9.35. The van der Waals surface area contributed by atoms with Crippen LogP contribution in [0.5, 0.6) is 11.5 Å². The lowest BCUT2D eigenvalue weighted by molar-refractivity contribution is 0.102. The van der Waals surface area contributed by atoms with Crippen molar-refractivity contribution in [2.75, 3.05) is 26.1 Å². The van der Waals surface area contributed by atoms with Gasteiger partial charge < -0.3 is 14.8 Å². The van der Waals surface area contributed by atoms with Gasteiger partial charge in [-0.25, -0.2) is 0 Å². The lowest BCUT2D eigenvalue weighted by Gasteiger charge is -2.19. The van der Waals surface area contributed by atoms with Crippen LogP contribution in [0.4, 0.5) is 5.69 Å². The number of carbonyl (C=O) groups excluding carboxylic acids is 1. The first kappa shape index (κ1) is 21.5. The van der Waals surface area contributed by atoms with Crippen LogP contribution in [0.25, 0.3) is 0 Å². The Labute approximate surface area is 180 Å². The molecular weight excluding hydrogens is 400 g/mol. The molecule has 0 bridgehead atoms. The normalized spacial score (nSPS) is 10.6. The summed E-state index contributed by atoms with van der Waals surface area (Å²) < 4.78 is 10.3. The Hall–Kier alpha value is -3.23. The summed E-state index contributed by atoms with van der Waals surface area (Å²) in [5, 5.41) is 12.2. The summed E-state index contributed by atoms with van der Waals surface area (Å²) in [6.45, 7) is 5.83. The maximum absolute atomic E-state index is 12.5. The highest BCUT2D eigenvalue weighted by Gasteiger charge is 2.15. The molecule has 0 unspecified atom stereocenters. The molecule has 0 atom stereocenters. The van der Waals surface area contributed by atoms with Crippen molar-refractivity contribution in [1.29, 1.82) is 0 Å². The fraction of sp³-hybridized carbons (Fsp3) is 0.227. The van der Waals surface area contributed by atoms with E-state index in [9.17, 15) is 4.79 Å². The fourth-order valence-corrected chi connectivity index (χ4v) is 3.59. The number of nitrogens with zero attached hydrogens (tertiary/aromatic N) is 3. The molecule has 1 heterocycles. The third-order valence-electron chi connectivity index (χ3n) is 4.32. The summed E-state index contributed by atoms with van der Waals surface area (Å²) in [5.41, 5.74) is 1.82. The van der Waals surface area contributed by atoms with E-state index >= 15 is 0 Å². The molecule has 30 heavy (non-hydrogen) atoms. The number of hydrogen-bond donors (Lipinski definition) is 1. The molecule has 0 saturated heterocycles. The lowest BCUT2D eigenvalue weighted by Crippen LogP contribution is -2.22. The molecule has 0 aliphatic carbocycles. The molecule has 1 aromatic heterocycles. The van der Waals surface area contributed by atoms with Crippen LogP contribution in [0.3, 0.4) is 0 Å². The Kier molecular flexibility index (Phi) is 7.53. The van der Waals surface area contributed by atoms with Crippen molar-refractivity contribution in [3.8, 4) is 11.5 Å². The second kappa shape index (κ2) is 10.5. The number of ether oxygens (including phenoxy) is 2. The molecule has 0 aliphatic rings. The van der Waals surface area contributed by atoms with Crippen molar-refractivity contribution in [3.05, 3.63) is 76.8 Å². The van der Waals surface area contributed by atoms with Crippen LogP contribution < -0.4 is 14.8 Å². The van der Waals surface area contributed by atoms with Gasteiger partial charge >= 0.3 is 0 Å². The zero-order valence-corrected chi connectivity index (χ0v) is 17.8. The van der Waals surface area contributed by atoms with Crippen LogP contribution in [0.15, 0.2) is 61.2 Å². The van der Waals surface area contributed by atoms with Gasteiger partial charge in [0.2, 0.25) is 5.01 Å². The summed E-state index contributed by atoms with van der Waals surface area (Å²) in [6.07, 6.45) is 1.85. The molecule has 2 aromatic carbocycles. The van der Waals surface area contributed by atoms with Crippen LogP contribution >= 0.6 is 11.3 Å². The number of aromatic nitrogens is 2. The van der Waals surface area contributed by atoms with E-state index in [1.165, 1.54) is 11.3 Å². The first-order valence-corrected chi connectivity index (χ1v) is 10.2. The number of benzene rings is 2. The quantitative estimate of drug-likeness (QED) is 0.496. The predicted molar refractivity (Wildman–Crippen MR) is 118 cm³/mol. The van der Waals surface area contributed by atoms with Crippen LogP contribution in [0.1, 0.15) is 20.4 Å². The highest BCUT2D eigenvalue weighted by molar-refractivity contribution is 7.13. The van der Waals surface area contributed by atoms with E-state index in [2.05, 4.69) is 27.0 Å². The van der Waals surface area contributed by atoms with Gasteiger partial charge in [0.25, 0.3) is 5.91 Å². The molecule has 7 nitrogen and oxygen atoms in total. The zero-order valence-electron chi connectivity index (χ0n) is 17.0. The molecule has 1 N–H and O–H groups in total. The van der Waals surface area contributed by atoms with E-state index in [0.29, 0.717) is 23.8 Å². The van der Waals surface area contributed by atoms with Gasteiger partial charge in [-0.2, -0.15) is 0 Å². The first-order chi connectivity index (χ1) is 14.6. The minimum Gasteiger partial charge on any atom is -0.497 e. The molecule has 156 valence electrons. The number of rotatable bonds is 10. The maximum atomic E-state index is 12.5. The van der Waals surface area contributed by atoms with Crippen LogP contribution in [0, 0.1) is 0 Å². The van der Waals surface area contributed by atoms with Gasteiger partial charge in [0.15, 0.2) is 0 Å². The van der Waals surface area contributed by atoms with E-state index in [4.69, 9.17) is 9.47 Å². The topological polar surface area (TPSA) is 76.6 Å². The molecular formula is C22H24N4O3S. The molecule has 0 spiro atoms. The number of anilines is 1. The zero-order chi connectivity index (χ0) is 21.3. The summed E-state index contributed by atoms with van der Waals surface area (Å²) in [7, 11) is 3.25. The Morgan fingerprint density at radius 1 is 1.03 bits per heavy atom. The highest BCUT2D eigenvalue weighted by Crippen LogP contribution is 2.19. The van der Waals surface area contributed by atoms with E-state index in [-0.39, 0.29) is 5.91 Å². The number of carbonyl (C=O) groups is 1. The lowest BCUT2D eigenvalue weighted by atomic mass is 10.2. The number of methoxy groups -OCH3 is 2. The fourth-order valence-electron chi connectivity index (χ4n) is 2.82. The summed E-state index contributed by atoms with van der Waals surface area (Å²) in [6, 6.07) is 15.1. The second-order valence-corrected chi connectivity index (χ2v) is 7.55. The average molecular weight is 425 g/mol. The van der Waals surface area contributed by atoms with E-state index < -0.39 is 0 Å². The van der Waals surface area contributed by atoms with Crippen LogP contribution in [0.2, 0.25) is 0 Å². The maximum Gasteiger partial charge on any atom is 0.286 e. The standard InChI is InChI=1S/C22H24N4O3S/c1-4-13-26(14-16-5-9-18(28-2)10-6-16)15-20-24-25-22(30-20)21(27)23-17-7-11-19(29-3)12-8-17/h4-12H,1,13-15H2,2-3H3,(H,23,27). The Balaban J connectivity index is 1.62. The molecule has 0 saturated carbocycles. The SMILES string of the molecule is C=CCN(Cc1ccc(OC)cc1)Cc1nnc(C(=O)Nc2ccc(OC)cc2)s1. The molecule has 8 heteroatoms. The minimum absolute atomic E-state index is 0.283. The van der Waals surface area contributed by atoms with Crippen molar-refractivity contribution in [1.82, 2.24) is 15.1 Å². The van der Waals surface area contributed by atoms with Gasteiger partial charge in [0.05, 0.1) is 20.8 Å². The van der Waals surface area contributed by atoms with Crippen molar-refractivity contribution in [3.63, 3.8) is 0 Å². The van der Waals surface area contributed by atoms with E-state index in [1.54, 1.807) is 38.5 Å². The summed E-state index contributed by atoms with van der Waals surface area (Å²) >= 11 is 1.28. The van der Waals surface area contributed by atoms with Crippen molar-refractivity contribution >= 4 is 22.9 Å². The molecule has 0 aliphatic heterocycles. The van der Waals surface area contributed by atoms with Crippen molar-refractivity contribution in [2.45, 2.75) is 13.1 Å². The van der Waals surface area contributed by atoms with Gasteiger partial charge in [-0.05, 0) is 42.0 Å². The highest BCUT2D eigenvalue weighted by atomic mass is 32.1. The van der Waals surface area contributed by atoms with Gasteiger partial charge in [-0.15, -0.1) is 16.8 Å². The largest absolute Gasteiger partial charge is 0.497 e. The third-order valence-corrected chi connectivity index (χ3v) is 5.23. The monoisotopic (exact) mass is 424 g/mol. The van der Waals surface area contributed by atoms with Gasteiger partial charge in [0.1, 0.15) is 16.5 Å². The Bertz CT molecular complexity index is 971. The minimum atomic E-state index is -0.283. The van der Waals surface area contributed by atoms with Crippen molar-refractivity contribution < 1.29 is 14.3 Å². The summed E-state index contributed by atoms with van der Waals surface area (Å²) in [4.78, 5) is 14.6. The van der Waals surface area contributed by atoms with Crippen LogP contribution in [-0.4, -0.2) is 41.8 Å². The summed E-state index contributed by atoms with van der Waals surface area (Å²) in [5.74, 6) is 1.27. The number of amides is 1. The average Bonchev–Trinajstić information content (AvgIpc) is 3.23. The molecule has 0 fully saturated rings. The molecule has 3 rings (SSSR count).